The molecule has 0 aliphatic rings. The topological polar surface area (TPSA) is 22.1 Å². The Hall–Kier alpha value is -1.57. The van der Waals surface area contributed by atoms with Crippen molar-refractivity contribution >= 4 is 10.9 Å². The van der Waals surface area contributed by atoms with E-state index in [1.165, 1.54) is 0 Å². The van der Waals surface area contributed by atoms with Gasteiger partial charge in [0.15, 0.2) is 0 Å². The molecule has 0 saturated carbocycles. The van der Waals surface area contributed by atoms with Gasteiger partial charge in [0.25, 0.3) is 0 Å². The first-order chi connectivity index (χ1) is 6.31. The average molecular weight is 173 g/mol. The van der Waals surface area contributed by atoms with Gasteiger partial charge >= 0.3 is 0 Å². The molecule has 0 radical (unpaired) electrons. The number of nitrogens with zero attached hydrogens (tertiary/aromatic N) is 1. The summed E-state index contributed by atoms with van der Waals surface area (Å²) >= 11 is 0. The molecule has 0 amide bonds. The molecule has 0 fully saturated rings. The summed E-state index contributed by atoms with van der Waals surface area (Å²) in [5, 5.41) is 1.15. The minimum Gasteiger partial charge on any atom is -0.481 e. The maximum Gasteiger partial charge on any atom is 0.216 e. The Bertz CT molecular complexity index is 437. The molecular weight excluding hydrogens is 162 g/mol. The Balaban J connectivity index is 2.74. The van der Waals surface area contributed by atoms with Gasteiger partial charge in [0.2, 0.25) is 5.88 Å². The zero-order valence-corrected chi connectivity index (χ0v) is 7.74. The van der Waals surface area contributed by atoms with Gasteiger partial charge in [-0.3, -0.25) is 0 Å². The van der Waals surface area contributed by atoms with Gasteiger partial charge in [-0.2, -0.15) is 0 Å². The fourth-order valence-electron chi connectivity index (χ4n) is 1.41. The third-order valence-corrected chi connectivity index (χ3v) is 2.06. The van der Waals surface area contributed by atoms with Crippen molar-refractivity contribution in [2.24, 2.45) is 0 Å². The molecule has 2 nitrogen and oxygen atoms in total. The lowest BCUT2D eigenvalue weighted by Gasteiger charge is -2.04. The van der Waals surface area contributed by atoms with Crippen molar-refractivity contribution < 1.29 is 4.74 Å². The van der Waals surface area contributed by atoms with Crippen molar-refractivity contribution in [3.05, 3.63) is 35.9 Å². The molecule has 0 aliphatic carbocycles. The van der Waals surface area contributed by atoms with Crippen molar-refractivity contribution in [3.8, 4) is 5.88 Å². The summed E-state index contributed by atoms with van der Waals surface area (Å²) in [6.45, 7) is 2.00. The Kier molecular flexibility index (Phi) is 1.89. The molecule has 66 valence electrons. The number of pyridine rings is 1. The molecule has 0 aliphatic heterocycles. The van der Waals surface area contributed by atoms with Crippen molar-refractivity contribution in [2.45, 2.75) is 6.92 Å². The standard InChI is InChI=1S/C11H11NO/c1-8-7-9-5-3-4-6-10(9)12-11(8)13-2/h3-7H,1-2H3. The number of methoxy groups -OCH3 is 1. The van der Waals surface area contributed by atoms with E-state index in [1.54, 1.807) is 7.11 Å². The van der Waals surface area contributed by atoms with Crippen LogP contribution >= 0.6 is 0 Å². The fraction of sp³-hybridized carbons (Fsp3) is 0.182. The average Bonchev–Trinajstić information content (AvgIpc) is 2.17. The smallest absolute Gasteiger partial charge is 0.216 e. The van der Waals surface area contributed by atoms with Crippen LogP contribution in [0.15, 0.2) is 30.3 Å². The van der Waals surface area contributed by atoms with E-state index < -0.39 is 0 Å². The summed E-state index contributed by atoms with van der Waals surface area (Å²) in [5.74, 6) is 0.707. The number of hydrogen-bond acceptors (Lipinski definition) is 2. The first-order valence-corrected chi connectivity index (χ1v) is 4.21. The molecule has 0 unspecified atom stereocenters. The first kappa shape index (κ1) is 8.05. The lowest BCUT2D eigenvalue weighted by molar-refractivity contribution is 0.396. The highest BCUT2D eigenvalue weighted by atomic mass is 16.5. The van der Waals surface area contributed by atoms with Gasteiger partial charge in [-0.05, 0) is 19.1 Å². The SMILES string of the molecule is COc1nc2ccccc2cc1C. The fourth-order valence-corrected chi connectivity index (χ4v) is 1.41. The van der Waals surface area contributed by atoms with Gasteiger partial charge in [0.05, 0.1) is 12.6 Å². The van der Waals surface area contributed by atoms with Crippen LogP contribution in [0, 0.1) is 6.92 Å². The van der Waals surface area contributed by atoms with E-state index in [0.29, 0.717) is 5.88 Å². The number of aromatic nitrogens is 1. The van der Waals surface area contributed by atoms with Crippen molar-refractivity contribution in [1.29, 1.82) is 0 Å². The van der Waals surface area contributed by atoms with E-state index in [0.717, 1.165) is 16.5 Å². The minimum absolute atomic E-state index is 0.707. The van der Waals surface area contributed by atoms with E-state index >= 15 is 0 Å². The maximum atomic E-state index is 5.14. The third kappa shape index (κ3) is 1.35. The van der Waals surface area contributed by atoms with Crippen molar-refractivity contribution in [3.63, 3.8) is 0 Å². The third-order valence-electron chi connectivity index (χ3n) is 2.06. The highest BCUT2D eigenvalue weighted by molar-refractivity contribution is 5.79. The molecule has 1 aromatic carbocycles. The predicted octanol–water partition coefficient (Wildman–Crippen LogP) is 2.55. The van der Waals surface area contributed by atoms with E-state index in [-0.39, 0.29) is 0 Å². The summed E-state index contributed by atoms with van der Waals surface area (Å²) in [6.07, 6.45) is 0. The van der Waals surface area contributed by atoms with Crippen LogP contribution in [0.25, 0.3) is 10.9 Å². The number of benzene rings is 1. The number of para-hydroxylation sites is 1. The van der Waals surface area contributed by atoms with Gasteiger partial charge in [-0.1, -0.05) is 18.2 Å². The predicted molar refractivity (Wildman–Crippen MR) is 53.0 cm³/mol. The number of ether oxygens (including phenoxy) is 1. The van der Waals surface area contributed by atoms with E-state index in [2.05, 4.69) is 17.1 Å². The summed E-state index contributed by atoms with van der Waals surface area (Å²) < 4.78 is 5.14. The van der Waals surface area contributed by atoms with Crippen LogP contribution < -0.4 is 4.74 Å². The van der Waals surface area contributed by atoms with Crippen molar-refractivity contribution in [2.75, 3.05) is 7.11 Å². The molecule has 0 bridgehead atoms. The lowest BCUT2D eigenvalue weighted by Crippen LogP contribution is -1.91. The quantitative estimate of drug-likeness (QED) is 0.661. The molecule has 0 spiro atoms. The number of rotatable bonds is 1. The van der Waals surface area contributed by atoms with Gasteiger partial charge < -0.3 is 4.74 Å². The summed E-state index contributed by atoms with van der Waals surface area (Å²) in [6, 6.07) is 10.1. The van der Waals surface area contributed by atoms with Gasteiger partial charge in [-0.15, -0.1) is 0 Å². The van der Waals surface area contributed by atoms with Crippen LogP contribution in [0.5, 0.6) is 5.88 Å². The van der Waals surface area contributed by atoms with Crippen LogP contribution in [0.3, 0.4) is 0 Å². The normalized spacial score (nSPS) is 10.3. The monoisotopic (exact) mass is 173 g/mol. The summed E-state index contributed by atoms with van der Waals surface area (Å²) in [7, 11) is 1.64. The maximum absolute atomic E-state index is 5.14. The van der Waals surface area contributed by atoms with E-state index in [4.69, 9.17) is 4.74 Å². The van der Waals surface area contributed by atoms with Crippen LogP contribution in [-0.2, 0) is 0 Å². The second-order valence-electron chi connectivity index (χ2n) is 3.01. The number of fused-ring (bicyclic) bond motifs is 1. The van der Waals surface area contributed by atoms with Crippen LogP contribution in [0.4, 0.5) is 0 Å². The molecule has 2 heteroatoms. The Morgan fingerprint density at radius 1 is 1.23 bits per heavy atom. The van der Waals surface area contributed by atoms with E-state index in [1.807, 2.05) is 25.1 Å². The molecule has 0 N–H and O–H groups in total. The second kappa shape index (κ2) is 3.05. The van der Waals surface area contributed by atoms with Gasteiger partial charge in [-0.25, -0.2) is 4.98 Å². The summed E-state index contributed by atoms with van der Waals surface area (Å²) in [4.78, 5) is 4.37. The van der Waals surface area contributed by atoms with Crippen LogP contribution in [0.2, 0.25) is 0 Å². The zero-order valence-electron chi connectivity index (χ0n) is 7.74. The molecular formula is C11H11NO. The first-order valence-electron chi connectivity index (χ1n) is 4.21. The van der Waals surface area contributed by atoms with Gasteiger partial charge in [0.1, 0.15) is 0 Å². The highest BCUT2D eigenvalue weighted by Crippen LogP contribution is 2.20. The number of aryl methyl sites for hydroxylation is 1. The zero-order chi connectivity index (χ0) is 9.26. The lowest BCUT2D eigenvalue weighted by atomic mass is 10.2. The van der Waals surface area contributed by atoms with Gasteiger partial charge in [0, 0.05) is 10.9 Å². The molecule has 2 rings (SSSR count). The van der Waals surface area contributed by atoms with Crippen LogP contribution in [-0.4, -0.2) is 12.1 Å². The molecule has 0 saturated heterocycles. The molecule has 0 atom stereocenters. The van der Waals surface area contributed by atoms with E-state index in [9.17, 15) is 0 Å². The second-order valence-corrected chi connectivity index (χ2v) is 3.01. The minimum atomic E-state index is 0.707. The summed E-state index contributed by atoms with van der Waals surface area (Å²) in [5.41, 5.74) is 2.05. The molecule has 13 heavy (non-hydrogen) atoms. The highest BCUT2D eigenvalue weighted by Gasteiger charge is 2.01. The van der Waals surface area contributed by atoms with Crippen molar-refractivity contribution in [1.82, 2.24) is 4.98 Å². The van der Waals surface area contributed by atoms with Crippen LogP contribution in [0.1, 0.15) is 5.56 Å². The molecule has 1 heterocycles. The number of hydrogen-bond donors (Lipinski definition) is 0. The Morgan fingerprint density at radius 3 is 2.77 bits per heavy atom. The Morgan fingerprint density at radius 2 is 2.00 bits per heavy atom. The molecule has 2 aromatic rings. The Labute approximate surface area is 77.2 Å². The largest absolute Gasteiger partial charge is 0.481 e. The molecule has 1 aromatic heterocycles.